The van der Waals surface area contributed by atoms with E-state index in [0.29, 0.717) is 11.1 Å². The zero-order valence-corrected chi connectivity index (χ0v) is 12.0. The zero-order valence-electron chi connectivity index (χ0n) is 7.65. The molecule has 0 aromatic heterocycles. The van der Waals surface area contributed by atoms with E-state index in [1.165, 1.54) is 0 Å². The molecule has 1 rings (SSSR count). The molecule has 0 saturated carbocycles. The van der Waals surface area contributed by atoms with Gasteiger partial charge in [-0.05, 0) is 70.2 Å². The van der Waals surface area contributed by atoms with Gasteiger partial charge in [-0.25, -0.2) is 0 Å². The van der Waals surface area contributed by atoms with E-state index in [4.69, 9.17) is 10.5 Å². The Morgan fingerprint density at radius 2 is 1.14 bits per heavy atom. The molecular formula is C10H6I2N2. The summed E-state index contributed by atoms with van der Waals surface area (Å²) < 4.78 is 1.76. The van der Waals surface area contributed by atoms with Crippen molar-refractivity contribution in [1.82, 2.24) is 0 Å². The van der Waals surface area contributed by atoms with E-state index in [0.717, 1.165) is 18.3 Å². The first kappa shape index (κ1) is 11.7. The summed E-state index contributed by atoms with van der Waals surface area (Å²) in [6.45, 7) is 3.76. The molecule has 14 heavy (non-hydrogen) atoms. The van der Waals surface area contributed by atoms with Gasteiger partial charge in [0.1, 0.15) is 12.1 Å². The average Bonchev–Trinajstić information content (AvgIpc) is 2.17. The van der Waals surface area contributed by atoms with Crippen LogP contribution in [0.5, 0.6) is 0 Å². The third kappa shape index (κ3) is 1.73. The van der Waals surface area contributed by atoms with Crippen molar-refractivity contribution >= 4 is 45.2 Å². The number of rotatable bonds is 0. The molecule has 0 N–H and O–H groups in total. The molecule has 0 aliphatic heterocycles. The number of benzene rings is 1. The van der Waals surface area contributed by atoms with Gasteiger partial charge in [0.05, 0.1) is 11.1 Å². The van der Waals surface area contributed by atoms with E-state index >= 15 is 0 Å². The largest absolute Gasteiger partial charge is 0.192 e. The summed E-state index contributed by atoms with van der Waals surface area (Å²) in [5, 5.41) is 17.9. The van der Waals surface area contributed by atoms with Gasteiger partial charge in [-0.1, -0.05) is 0 Å². The molecule has 0 unspecified atom stereocenters. The van der Waals surface area contributed by atoms with Crippen LogP contribution in [0.2, 0.25) is 0 Å². The maximum atomic E-state index is 8.97. The summed E-state index contributed by atoms with van der Waals surface area (Å²) in [4.78, 5) is 0. The predicted molar refractivity (Wildman–Crippen MR) is 70.8 cm³/mol. The molecule has 0 aliphatic carbocycles. The lowest BCUT2D eigenvalue weighted by atomic mass is 9.99. The molecule has 0 fully saturated rings. The fraction of sp³-hybridized carbons (Fsp3) is 0.200. The molecule has 70 valence electrons. The molecule has 4 heteroatoms. The Morgan fingerprint density at radius 3 is 1.36 bits per heavy atom. The van der Waals surface area contributed by atoms with Gasteiger partial charge in [0.25, 0.3) is 0 Å². The standard InChI is InChI=1S/C10H6I2N2/c1-5-6(2)8(4-14)10(12)9(11)7(5)3-13/h1-2H3. The molecule has 0 spiro atoms. The molecule has 0 atom stereocenters. The molecule has 0 saturated heterocycles. The molecule has 0 amide bonds. The maximum Gasteiger partial charge on any atom is 0.101 e. The monoisotopic (exact) mass is 408 g/mol. The van der Waals surface area contributed by atoms with Crippen molar-refractivity contribution in [3.05, 3.63) is 29.4 Å². The van der Waals surface area contributed by atoms with Crippen LogP contribution in [-0.4, -0.2) is 0 Å². The number of hydrogen-bond donors (Lipinski definition) is 0. The Bertz CT molecular complexity index is 404. The lowest BCUT2D eigenvalue weighted by Crippen LogP contribution is -2.00. The van der Waals surface area contributed by atoms with Crippen molar-refractivity contribution in [3.8, 4) is 12.1 Å². The minimum absolute atomic E-state index is 0.687. The van der Waals surface area contributed by atoms with Gasteiger partial charge in [0.2, 0.25) is 0 Å². The van der Waals surface area contributed by atoms with Crippen LogP contribution < -0.4 is 0 Å². The van der Waals surface area contributed by atoms with Gasteiger partial charge in [-0.15, -0.1) is 0 Å². The van der Waals surface area contributed by atoms with Gasteiger partial charge in [0.15, 0.2) is 0 Å². The Hall–Kier alpha value is -0.340. The van der Waals surface area contributed by atoms with Gasteiger partial charge in [0, 0.05) is 7.14 Å². The fourth-order valence-electron chi connectivity index (χ4n) is 1.19. The van der Waals surface area contributed by atoms with Crippen molar-refractivity contribution in [2.24, 2.45) is 0 Å². The summed E-state index contributed by atoms with van der Waals surface area (Å²) in [5.41, 5.74) is 3.20. The van der Waals surface area contributed by atoms with E-state index in [9.17, 15) is 0 Å². The summed E-state index contributed by atoms with van der Waals surface area (Å²) in [6, 6.07) is 4.35. The van der Waals surface area contributed by atoms with Crippen molar-refractivity contribution in [1.29, 1.82) is 10.5 Å². The highest BCUT2D eigenvalue weighted by Crippen LogP contribution is 2.28. The number of halogens is 2. The first-order chi connectivity index (χ1) is 6.54. The Morgan fingerprint density at radius 1 is 0.857 bits per heavy atom. The minimum atomic E-state index is 0.687. The third-order valence-corrected chi connectivity index (χ3v) is 5.36. The van der Waals surface area contributed by atoms with Crippen LogP contribution in [0.25, 0.3) is 0 Å². The molecule has 0 bridgehead atoms. The van der Waals surface area contributed by atoms with Crippen LogP contribution in [0, 0.1) is 43.7 Å². The highest BCUT2D eigenvalue weighted by atomic mass is 127. The van der Waals surface area contributed by atoms with Crippen LogP contribution in [0.3, 0.4) is 0 Å². The summed E-state index contributed by atoms with van der Waals surface area (Å²) >= 11 is 4.23. The van der Waals surface area contributed by atoms with Crippen molar-refractivity contribution in [3.63, 3.8) is 0 Å². The van der Waals surface area contributed by atoms with Crippen molar-refractivity contribution in [2.75, 3.05) is 0 Å². The minimum Gasteiger partial charge on any atom is -0.192 e. The number of nitriles is 2. The second kappa shape index (κ2) is 4.45. The smallest absolute Gasteiger partial charge is 0.101 e. The van der Waals surface area contributed by atoms with Gasteiger partial charge in [-0.3, -0.25) is 0 Å². The van der Waals surface area contributed by atoms with E-state index in [1.807, 2.05) is 13.8 Å². The summed E-state index contributed by atoms with van der Waals surface area (Å²) in [5.74, 6) is 0. The molecule has 0 aliphatic rings. The van der Waals surface area contributed by atoms with E-state index in [2.05, 4.69) is 57.3 Å². The fourth-order valence-corrected chi connectivity index (χ4v) is 2.78. The van der Waals surface area contributed by atoms with Crippen molar-refractivity contribution in [2.45, 2.75) is 13.8 Å². The predicted octanol–water partition coefficient (Wildman–Crippen LogP) is 3.26. The Labute approximate surface area is 110 Å². The molecule has 1 aromatic rings. The Kier molecular flexibility index (Phi) is 3.73. The topological polar surface area (TPSA) is 47.6 Å². The first-order valence-corrected chi connectivity index (χ1v) is 5.98. The highest BCUT2D eigenvalue weighted by Gasteiger charge is 2.15. The zero-order chi connectivity index (χ0) is 10.9. The maximum absolute atomic E-state index is 8.97. The van der Waals surface area contributed by atoms with Crippen LogP contribution in [-0.2, 0) is 0 Å². The van der Waals surface area contributed by atoms with Gasteiger partial charge < -0.3 is 0 Å². The lowest BCUT2D eigenvalue weighted by molar-refractivity contribution is 1.25. The third-order valence-electron chi connectivity index (χ3n) is 2.17. The molecule has 0 radical (unpaired) electrons. The highest BCUT2D eigenvalue weighted by molar-refractivity contribution is 14.1. The molecular weight excluding hydrogens is 402 g/mol. The molecule has 2 nitrogen and oxygen atoms in total. The van der Waals surface area contributed by atoms with E-state index < -0.39 is 0 Å². The Balaban J connectivity index is 3.77. The molecule has 1 aromatic carbocycles. The summed E-state index contributed by atoms with van der Waals surface area (Å²) in [7, 11) is 0. The van der Waals surface area contributed by atoms with E-state index in [1.54, 1.807) is 0 Å². The second-order valence-electron chi connectivity index (χ2n) is 2.85. The van der Waals surface area contributed by atoms with Crippen LogP contribution in [0.1, 0.15) is 22.3 Å². The lowest BCUT2D eigenvalue weighted by Gasteiger charge is -2.09. The van der Waals surface area contributed by atoms with Crippen molar-refractivity contribution < 1.29 is 0 Å². The van der Waals surface area contributed by atoms with E-state index in [-0.39, 0.29) is 0 Å². The van der Waals surface area contributed by atoms with Crippen LogP contribution in [0.15, 0.2) is 0 Å². The summed E-state index contributed by atoms with van der Waals surface area (Å²) in [6.07, 6.45) is 0. The number of nitrogens with zero attached hydrogens (tertiary/aromatic N) is 2. The van der Waals surface area contributed by atoms with Gasteiger partial charge >= 0.3 is 0 Å². The van der Waals surface area contributed by atoms with Gasteiger partial charge in [-0.2, -0.15) is 10.5 Å². The van der Waals surface area contributed by atoms with Crippen LogP contribution >= 0.6 is 45.2 Å². The molecule has 0 heterocycles. The average molecular weight is 408 g/mol. The first-order valence-electron chi connectivity index (χ1n) is 3.83. The quantitative estimate of drug-likeness (QED) is 0.620. The van der Waals surface area contributed by atoms with Crippen LogP contribution in [0.4, 0.5) is 0 Å². The second-order valence-corrected chi connectivity index (χ2v) is 5.01. The SMILES string of the molecule is Cc1c(C)c(C#N)c(I)c(I)c1C#N. The number of hydrogen-bond acceptors (Lipinski definition) is 2. The normalized spacial score (nSPS) is 9.29.